The van der Waals surface area contributed by atoms with Crippen molar-refractivity contribution < 1.29 is 0 Å². The Hall–Kier alpha value is -0.560. The predicted molar refractivity (Wildman–Crippen MR) is 43.4 cm³/mol. The van der Waals surface area contributed by atoms with Crippen molar-refractivity contribution in [3.05, 3.63) is 28.5 Å². The zero-order valence-corrected chi connectivity index (χ0v) is 6.94. The van der Waals surface area contributed by atoms with Crippen LogP contribution in [-0.2, 0) is 6.42 Å². The van der Waals surface area contributed by atoms with E-state index in [0.717, 1.165) is 12.0 Å². The summed E-state index contributed by atoms with van der Waals surface area (Å²) < 4.78 is 0. The third-order valence-corrected chi connectivity index (χ3v) is 1.87. The maximum absolute atomic E-state index is 5.73. The Morgan fingerprint density at radius 2 is 2.30 bits per heavy atom. The third-order valence-electron chi connectivity index (χ3n) is 1.48. The lowest BCUT2D eigenvalue weighted by molar-refractivity contribution is 1.09. The number of halogens is 1. The molecule has 0 aliphatic rings. The average Bonchev–Trinajstić information content (AvgIpc) is 1.95. The Morgan fingerprint density at radius 1 is 1.60 bits per heavy atom. The van der Waals surface area contributed by atoms with Crippen molar-refractivity contribution in [1.29, 1.82) is 0 Å². The van der Waals surface area contributed by atoms with Gasteiger partial charge in [0.15, 0.2) is 0 Å². The molecule has 0 N–H and O–H groups in total. The van der Waals surface area contributed by atoms with Crippen molar-refractivity contribution in [2.24, 2.45) is 0 Å². The van der Waals surface area contributed by atoms with Gasteiger partial charge in [0, 0.05) is 6.20 Å². The molecule has 10 heavy (non-hydrogen) atoms. The summed E-state index contributed by atoms with van der Waals surface area (Å²) in [6, 6.07) is 2.06. The first kappa shape index (κ1) is 7.55. The minimum Gasteiger partial charge on any atom is -0.244 e. The summed E-state index contributed by atoms with van der Waals surface area (Å²) in [7, 11) is 0. The van der Waals surface area contributed by atoms with Gasteiger partial charge in [0.2, 0.25) is 0 Å². The smallest absolute Gasteiger partial charge is 0.131 e. The molecule has 1 aromatic rings. The molecule has 0 saturated heterocycles. The van der Waals surface area contributed by atoms with E-state index in [4.69, 9.17) is 11.6 Å². The molecule has 0 spiro atoms. The Morgan fingerprint density at radius 3 is 2.80 bits per heavy atom. The minimum absolute atomic E-state index is 0.609. The van der Waals surface area contributed by atoms with Crippen LogP contribution >= 0.6 is 11.6 Å². The van der Waals surface area contributed by atoms with Gasteiger partial charge in [-0.3, -0.25) is 0 Å². The first-order valence-electron chi connectivity index (χ1n) is 3.35. The fourth-order valence-electron chi connectivity index (χ4n) is 0.810. The van der Waals surface area contributed by atoms with E-state index in [1.165, 1.54) is 5.56 Å². The summed E-state index contributed by atoms with van der Waals surface area (Å²) in [5.41, 5.74) is 2.29. The second-order valence-electron chi connectivity index (χ2n) is 2.30. The van der Waals surface area contributed by atoms with Gasteiger partial charge >= 0.3 is 0 Å². The summed E-state index contributed by atoms with van der Waals surface area (Å²) in [5, 5.41) is 0.609. The summed E-state index contributed by atoms with van der Waals surface area (Å²) in [4.78, 5) is 4.01. The lowest BCUT2D eigenvalue weighted by Crippen LogP contribution is -1.85. The maximum Gasteiger partial charge on any atom is 0.131 e. The first-order chi connectivity index (χ1) is 4.74. The number of hydrogen-bond acceptors (Lipinski definition) is 1. The van der Waals surface area contributed by atoms with E-state index in [1.807, 2.05) is 13.1 Å². The molecule has 0 bridgehead atoms. The topological polar surface area (TPSA) is 12.9 Å². The van der Waals surface area contributed by atoms with Gasteiger partial charge in [-0.2, -0.15) is 0 Å². The molecule has 0 aliphatic carbocycles. The van der Waals surface area contributed by atoms with Crippen molar-refractivity contribution >= 4 is 11.6 Å². The normalized spacial score (nSPS) is 9.90. The second kappa shape index (κ2) is 3.02. The molecule has 0 aliphatic heterocycles. The summed E-state index contributed by atoms with van der Waals surface area (Å²) in [5.74, 6) is 0. The molecule has 1 aromatic heterocycles. The highest BCUT2D eigenvalue weighted by Crippen LogP contribution is 2.12. The summed E-state index contributed by atoms with van der Waals surface area (Å²) in [6.07, 6.45) is 2.83. The lowest BCUT2D eigenvalue weighted by Gasteiger charge is -1.98. The van der Waals surface area contributed by atoms with Gasteiger partial charge in [0.25, 0.3) is 0 Å². The summed E-state index contributed by atoms with van der Waals surface area (Å²) in [6.45, 7) is 4.07. The molecule has 0 unspecified atom stereocenters. The van der Waals surface area contributed by atoms with Crippen LogP contribution in [0.5, 0.6) is 0 Å². The molecule has 0 aromatic carbocycles. The number of hydrogen-bond donors (Lipinski definition) is 0. The number of nitrogens with zero attached hydrogens (tertiary/aromatic N) is 1. The Bertz CT molecular complexity index is 233. The van der Waals surface area contributed by atoms with E-state index < -0.39 is 0 Å². The van der Waals surface area contributed by atoms with Gasteiger partial charge in [0.1, 0.15) is 5.15 Å². The van der Waals surface area contributed by atoms with Gasteiger partial charge in [-0.1, -0.05) is 24.6 Å². The molecule has 1 nitrogen and oxygen atoms in total. The van der Waals surface area contributed by atoms with E-state index in [0.29, 0.717) is 5.15 Å². The molecular weight excluding hydrogens is 146 g/mol. The van der Waals surface area contributed by atoms with Crippen molar-refractivity contribution in [2.75, 3.05) is 0 Å². The zero-order valence-electron chi connectivity index (χ0n) is 6.19. The maximum atomic E-state index is 5.73. The van der Waals surface area contributed by atoms with Crippen LogP contribution in [0.2, 0.25) is 5.15 Å². The highest BCUT2D eigenvalue weighted by Gasteiger charge is 1.95. The first-order valence-corrected chi connectivity index (χ1v) is 3.73. The minimum atomic E-state index is 0.609. The monoisotopic (exact) mass is 155 g/mol. The Kier molecular flexibility index (Phi) is 2.28. The fraction of sp³-hybridized carbons (Fsp3) is 0.375. The zero-order chi connectivity index (χ0) is 7.56. The molecule has 2 heteroatoms. The second-order valence-corrected chi connectivity index (χ2v) is 2.66. The van der Waals surface area contributed by atoms with Gasteiger partial charge in [-0.15, -0.1) is 0 Å². The largest absolute Gasteiger partial charge is 0.244 e. The molecule has 0 fully saturated rings. The van der Waals surface area contributed by atoms with Crippen LogP contribution in [-0.4, -0.2) is 4.98 Å². The Labute approximate surface area is 66.0 Å². The average molecular weight is 156 g/mol. The SMILES string of the molecule is CCc1cnc(Cl)c(C)c1. The van der Waals surface area contributed by atoms with E-state index in [-0.39, 0.29) is 0 Å². The van der Waals surface area contributed by atoms with Crippen LogP contribution in [0, 0.1) is 6.92 Å². The number of aryl methyl sites for hydroxylation is 2. The number of aromatic nitrogens is 1. The van der Waals surface area contributed by atoms with Gasteiger partial charge in [0.05, 0.1) is 0 Å². The van der Waals surface area contributed by atoms with Gasteiger partial charge in [-0.05, 0) is 24.5 Å². The van der Waals surface area contributed by atoms with E-state index >= 15 is 0 Å². The lowest BCUT2D eigenvalue weighted by atomic mass is 10.2. The standard InChI is InChI=1S/C8H10ClN/c1-3-7-4-6(2)8(9)10-5-7/h4-5H,3H2,1-2H3. The van der Waals surface area contributed by atoms with Crippen molar-refractivity contribution in [3.8, 4) is 0 Å². The number of pyridine rings is 1. The highest BCUT2D eigenvalue weighted by atomic mass is 35.5. The molecule has 0 amide bonds. The molecule has 0 radical (unpaired) electrons. The van der Waals surface area contributed by atoms with E-state index in [1.54, 1.807) is 0 Å². The molecule has 0 saturated carbocycles. The van der Waals surface area contributed by atoms with Crippen molar-refractivity contribution in [1.82, 2.24) is 4.98 Å². The van der Waals surface area contributed by atoms with E-state index in [9.17, 15) is 0 Å². The molecule has 0 atom stereocenters. The van der Waals surface area contributed by atoms with Crippen LogP contribution in [0.4, 0.5) is 0 Å². The predicted octanol–water partition coefficient (Wildman–Crippen LogP) is 2.61. The van der Waals surface area contributed by atoms with Crippen LogP contribution in [0.1, 0.15) is 18.1 Å². The van der Waals surface area contributed by atoms with Crippen molar-refractivity contribution in [3.63, 3.8) is 0 Å². The number of rotatable bonds is 1. The molecule has 54 valence electrons. The van der Waals surface area contributed by atoms with Gasteiger partial charge < -0.3 is 0 Å². The fourth-order valence-corrected chi connectivity index (χ4v) is 0.913. The van der Waals surface area contributed by atoms with Crippen LogP contribution in [0.25, 0.3) is 0 Å². The third kappa shape index (κ3) is 1.48. The Balaban J connectivity index is 3.04. The highest BCUT2D eigenvalue weighted by molar-refractivity contribution is 6.30. The van der Waals surface area contributed by atoms with Crippen molar-refractivity contribution in [2.45, 2.75) is 20.3 Å². The molecule has 1 rings (SSSR count). The van der Waals surface area contributed by atoms with Crippen LogP contribution in [0.3, 0.4) is 0 Å². The molecule has 1 heterocycles. The van der Waals surface area contributed by atoms with Gasteiger partial charge in [-0.25, -0.2) is 4.98 Å². The molecular formula is C8H10ClN. The van der Waals surface area contributed by atoms with E-state index in [2.05, 4.69) is 18.0 Å². The quantitative estimate of drug-likeness (QED) is 0.569. The van der Waals surface area contributed by atoms with Crippen LogP contribution < -0.4 is 0 Å². The van der Waals surface area contributed by atoms with Crippen LogP contribution in [0.15, 0.2) is 12.3 Å². The summed E-state index contributed by atoms with van der Waals surface area (Å²) >= 11 is 5.73.